The molecule has 4 heteroatoms. The molecule has 0 aromatic carbocycles. The fourth-order valence-corrected chi connectivity index (χ4v) is 4.49. The molecule has 0 saturated heterocycles. The first-order valence-corrected chi connectivity index (χ1v) is 9.99. The highest BCUT2D eigenvalue weighted by atomic mass is 16.6. The van der Waals surface area contributed by atoms with Crippen molar-refractivity contribution in [3.63, 3.8) is 0 Å². The lowest BCUT2D eigenvalue weighted by molar-refractivity contribution is 0.0513. The van der Waals surface area contributed by atoms with E-state index in [1.807, 2.05) is 20.8 Å². The maximum atomic E-state index is 12.0. The fraction of sp³-hybridized carbons (Fsp3) is 0.950. The fourth-order valence-electron chi connectivity index (χ4n) is 4.49. The molecule has 2 rings (SSSR count). The van der Waals surface area contributed by atoms with Crippen molar-refractivity contribution in [3.8, 4) is 0 Å². The van der Waals surface area contributed by atoms with Gasteiger partial charge in [-0.2, -0.15) is 0 Å². The summed E-state index contributed by atoms with van der Waals surface area (Å²) in [5.41, 5.74) is -0.438. The molecule has 0 aliphatic heterocycles. The summed E-state index contributed by atoms with van der Waals surface area (Å²) in [6.07, 6.45) is 8.90. The van der Waals surface area contributed by atoms with Crippen molar-refractivity contribution in [2.45, 2.75) is 97.2 Å². The molecule has 4 nitrogen and oxygen atoms in total. The highest BCUT2D eigenvalue weighted by Crippen LogP contribution is 2.32. The molecule has 3 atom stereocenters. The molecule has 0 heterocycles. The second-order valence-electron chi connectivity index (χ2n) is 9.11. The second-order valence-corrected chi connectivity index (χ2v) is 9.11. The van der Waals surface area contributed by atoms with E-state index in [4.69, 9.17) is 4.74 Å². The van der Waals surface area contributed by atoms with Crippen LogP contribution in [0.25, 0.3) is 0 Å². The number of nitrogens with one attached hydrogen (secondary N) is 2. The van der Waals surface area contributed by atoms with E-state index in [1.54, 1.807) is 0 Å². The van der Waals surface area contributed by atoms with Crippen LogP contribution >= 0.6 is 0 Å². The van der Waals surface area contributed by atoms with Gasteiger partial charge >= 0.3 is 6.09 Å². The summed E-state index contributed by atoms with van der Waals surface area (Å²) in [6.45, 7) is 11.1. The highest BCUT2D eigenvalue weighted by molar-refractivity contribution is 5.67. The van der Waals surface area contributed by atoms with E-state index < -0.39 is 5.60 Å². The van der Waals surface area contributed by atoms with Gasteiger partial charge in [0.15, 0.2) is 0 Å². The van der Waals surface area contributed by atoms with Gasteiger partial charge in [0.1, 0.15) is 5.60 Å². The zero-order chi connectivity index (χ0) is 17.7. The molecular weight excluding hydrogens is 300 g/mol. The minimum atomic E-state index is -0.438. The number of carbonyl (C=O) groups is 1. The van der Waals surface area contributed by atoms with Gasteiger partial charge in [0.25, 0.3) is 0 Å². The summed E-state index contributed by atoms with van der Waals surface area (Å²) in [5, 5.41) is 6.96. The maximum absolute atomic E-state index is 12.0. The zero-order valence-electron chi connectivity index (χ0n) is 16.4. The van der Waals surface area contributed by atoms with Crippen molar-refractivity contribution in [1.29, 1.82) is 0 Å². The van der Waals surface area contributed by atoms with Gasteiger partial charge in [0, 0.05) is 18.6 Å². The van der Waals surface area contributed by atoms with E-state index in [2.05, 4.69) is 24.5 Å². The van der Waals surface area contributed by atoms with Crippen LogP contribution in [-0.4, -0.2) is 30.3 Å². The smallest absolute Gasteiger partial charge is 0.407 e. The monoisotopic (exact) mass is 338 g/mol. The number of amides is 1. The van der Waals surface area contributed by atoms with Crippen LogP contribution in [0.2, 0.25) is 0 Å². The van der Waals surface area contributed by atoms with Gasteiger partial charge in [0.2, 0.25) is 0 Å². The molecule has 2 aliphatic carbocycles. The van der Waals surface area contributed by atoms with Crippen molar-refractivity contribution in [2.75, 3.05) is 6.54 Å². The van der Waals surface area contributed by atoms with Crippen LogP contribution in [0, 0.1) is 17.8 Å². The van der Waals surface area contributed by atoms with Crippen molar-refractivity contribution in [3.05, 3.63) is 0 Å². The van der Waals surface area contributed by atoms with Gasteiger partial charge in [-0.1, -0.05) is 33.1 Å². The lowest BCUT2D eigenvalue weighted by Crippen LogP contribution is -2.54. The Labute approximate surface area is 148 Å². The van der Waals surface area contributed by atoms with Crippen molar-refractivity contribution >= 4 is 6.09 Å². The third kappa shape index (κ3) is 5.94. The van der Waals surface area contributed by atoms with E-state index in [-0.39, 0.29) is 6.09 Å². The summed E-state index contributed by atoms with van der Waals surface area (Å²) < 4.78 is 5.41. The predicted octanol–water partition coefficient (Wildman–Crippen LogP) is 4.48. The van der Waals surface area contributed by atoms with E-state index in [1.165, 1.54) is 44.9 Å². The van der Waals surface area contributed by atoms with E-state index in [0.29, 0.717) is 24.5 Å². The molecule has 0 aromatic heterocycles. The molecule has 2 N–H and O–H groups in total. The van der Waals surface area contributed by atoms with Gasteiger partial charge in [0.05, 0.1) is 0 Å². The predicted molar refractivity (Wildman–Crippen MR) is 99.1 cm³/mol. The van der Waals surface area contributed by atoms with Gasteiger partial charge in [-0.05, 0) is 64.2 Å². The number of hydrogen-bond acceptors (Lipinski definition) is 3. The Morgan fingerprint density at radius 3 is 2.17 bits per heavy atom. The van der Waals surface area contributed by atoms with Crippen LogP contribution in [0.15, 0.2) is 0 Å². The van der Waals surface area contributed by atoms with Gasteiger partial charge in [-0.25, -0.2) is 4.79 Å². The molecule has 24 heavy (non-hydrogen) atoms. The summed E-state index contributed by atoms with van der Waals surface area (Å²) >= 11 is 0. The lowest BCUT2D eigenvalue weighted by Gasteiger charge is -2.39. The normalized spacial score (nSPS) is 30.1. The minimum Gasteiger partial charge on any atom is -0.444 e. The van der Waals surface area contributed by atoms with Crippen LogP contribution in [0.3, 0.4) is 0 Å². The lowest BCUT2D eigenvalue weighted by atomic mass is 9.78. The van der Waals surface area contributed by atoms with E-state index in [0.717, 1.165) is 11.8 Å². The largest absolute Gasteiger partial charge is 0.444 e. The van der Waals surface area contributed by atoms with Gasteiger partial charge in [-0.15, -0.1) is 0 Å². The minimum absolute atomic E-state index is 0.294. The Bertz CT molecular complexity index is 389. The van der Waals surface area contributed by atoms with Crippen LogP contribution in [0.4, 0.5) is 4.79 Å². The molecule has 0 radical (unpaired) electrons. The van der Waals surface area contributed by atoms with E-state index in [9.17, 15) is 4.79 Å². The van der Waals surface area contributed by atoms with Crippen molar-refractivity contribution in [1.82, 2.24) is 10.6 Å². The SMILES string of the molecule is CC1CCCC(C)C1NC(CNC(=O)OC(C)(C)C)C1CCCC1. The summed E-state index contributed by atoms with van der Waals surface area (Å²) in [4.78, 5) is 12.0. The molecule has 0 bridgehead atoms. The van der Waals surface area contributed by atoms with Crippen LogP contribution < -0.4 is 10.6 Å². The maximum Gasteiger partial charge on any atom is 0.407 e. The summed E-state index contributed by atoms with van der Waals surface area (Å²) in [7, 11) is 0. The quantitative estimate of drug-likeness (QED) is 0.777. The second kappa shape index (κ2) is 8.55. The Morgan fingerprint density at radius 1 is 1.04 bits per heavy atom. The summed E-state index contributed by atoms with van der Waals surface area (Å²) in [6, 6.07) is 0.942. The molecule has 2 saturated carbocycles. The third-order valence-corrected chi connectivity index (χ3v) is 5.79. The zero-order valence-corrected chi connectivity index (χ0v) is 16.4. The van der Waals surface area contributed by atoms with E-state index >= 15 is 0 Å². The third-order valence-electron chi connectivity index (χ3n) is 5.79. The van der Waals surface area contributed by atoms with Crippen LogP contribution in [-0.2, 0) is 4.74 Å². The molecule has 140 valence electrons. The Balaban J connectivity index is 1.93. The first-order valence-electron chi connectivity index (χ1n) is 9.99. The molecule has 3 unspecified atom stereocenters. The molecule has 2 aliphatic rings. The van der Waals surface area contributed by atoms with Gasteiger partial charge < -0.3 is 15.4 Å². The average molecular weight is 339 g/mol. The Morgan fingerprint density at radius 2 is 1.62 bits per heavy atom. The summed E-state index contributed by atoms with van der Waals surface area (Å²) in [5.74, 6) is 2.12. The molecular formula is C20H38N2O2. The van der Waals surface area contributed by atoms with Gasteiger partial charge in [-0.3, -0.25) is 0 Å². The standard InChI is InChI=1S/C20H38N2O2/c1-14-9-8-10-15(2)18(14)22-17(16-11-6-7-12-16)13-21-19(23)24-20(3,4)5/h14-18,22H,6-13H2,1-5H3,(H,21,23). The number of alkyl carbamates (subject to hydrolysis) is 1. The van der Waals surface area contributed by atoms with Crippen molar-refractivity contribution < 1.29 is 9.53 Å². The number of ether oxygens (including phenoxy) is 1. The topological polar surface area (TPSA) is 50.4 Å². The average Bonchev–Trinajstić information content (AvgIpc) is 2.98. The number of hydrogen-bond donors (Lipinski definition) is 2. The number of rotatable bonds is 5. The van der Waals surface area contributed by atoms with Crippen molar-refractivity contribution in [2.24, 2.45) is 17.8 Å². The Kier molecular flexibility index (Phi) is 6.97. The number of carbonyl (C=O) groups excluding carboxylic acids is 1. The highest BCUT2D eigenvalue weighted by Gasteiger charge is 2.33. The Hall–Kier alpha value is -0.770. The molecule has 1 amide bonds. The first-order chi connectivity index (χ1) is 11.3. The van der Waals surface area contributed by atoms with Crippen LogP contribution in [0.1, 0.15) is 79.6 Å². The molecule has 2 fully saturated rings. The first kappa shape index (κ1) is 19.6. The molecule has 0 spiro atoms. The van der Waals surface area contributed by atoms with Crippen LogP contribution in [0.5, 0.6) is 0 Å². The molecule has 0 aromatic rings.